The van der Waals surface area contributed by atoms with Crippen molar-refractivity contribution in [1.29, 1.82) is 0 Å². The number of carboxylic acids is 1. The van der Waals surface area contributed by atoms with Gasteiger partial charge in [0.05, 0.1) is 17.1 Å². The van der Waals surface area contributed by atoms with Gasteiger partial charge in [-0.3, -0.25) is 19.2 Å². The number of aryl methyl sites for hydroxylation is 3. The van der Waals surface area contributed by atoms with Crippen LogP contribution in [-0.2, 0) is 30.8 Å². The first-order valence-corrected chi connectivity index (χ1v) is 17.1. The van der Waals surface area contributed by atoms with E-state index in [2.05, 4.69) is 17.9 Å². The third-order valence-electron chi connectivity index (χ3n) is 7.85. The molecule has 47 heavy (non-hydrogen) atoms. The van der Waals surface area contributed by atoms with Gasteiger partial charge in [-0.05, 0) is 91.1 Å². The molecule has 2 aromatic rings. The SMILES string of the molecule is C=C(CCC)C(=O)CCCOc1cc(C)c(S(=O)(=O)N[C@@H](C/C=C/CC(=O)C2=CC(=C)c3cc(CC)ccc3C2=O)C(=O)O)c(C)c1. The van der Waals surface area contributed by atoms with Gasteiger partial charge in [0.15, 0.2) is 17.3 Å². The lowest BCUT2D eigenvalue weighted by Crippen LogP contribution is -2.40. The standard InChI is InChI=1S/C37H43NO8S/c1-7-12-23(3)33(39)15-11-18-46-28-19-25(5)36(26(6)20-28)47(44,45)38-32(37(42)43)13-9-10-14-34(40)31-21-24(4)30-22-27(8-2)16-17-29(30)35(31)41/h9-10,16-17,19-22,32,38H,3-4,7-8,11-15,18H2,1-2,5-6H3,(H,42,43)/b10-9+/t32-/m0/s1. The molecular formula is C37H43NO8S. The highest BCUT2D eigenvalue weighted by Gasteiger charge is 2.29. The molecule has 0 aliphatic heterocycles. The summed E-state index contributed by atoms with van der Waals surface area (Å²) in [5.41, 5.74) is 4.05. The van der Waals surface area contributed by atoms with Crippen molar-refractivity contribution in [2.24, 2.45) is 0 Å². The maximum Gasteiger partial charge on any atom is 0.322 e. The van der Waals surface area contributed by atoms with Crippen LogP contribution in [0.2, 0.25) is 0 Å². The Labute approximate surface area is 277 Å². The Morgan fingerprint density at radius 3 is 2.32 bits per heavy atom. The molecule has 1 aliphatic rings. The van der Waals surface area contributed by atoms with Crippen LogP contribution >= 0.6 is 0 Å². The number of sulfonamides is 1. The van der Waals surface area contributed by atoms with Crippen LogP contribution in [0.15, 0.2) is 77.8 Å². The Hall–Kier alpha value is -4.41. The number of ketones is 3. The minimum atomic E-state index is -4.26. The molecule has 2 aromatic carbocycles. The number of hydrogen-bond donors (Lipinski definition) is 2. The Kier molecular flexibility index (Phi) is 12.9. The van der Waals surface area contributed by atoms with E-state index >= 15 is 0 Å². The summed E-state index contributed by atoms with van der Waals surface area (Å²) in [7, 11) is -4.26. The molecular weight excluding hydrogens is 618 g/mol. The van der Waals surface area contributed by atoms with Crippen LogP contribution in [0.5, 0.6) is 5.75 Å². The van der Waals surface area contributed by atoms with Gasteiger partial charge in [0.2, 0.25) is 10.0 Å². The molecule has 2 N–H and O–H groups in total. The minimum Gasteiger partial charge on any atom is -0.494 e. The zero-order chi connectivity index (χ0) is 34.9. The van der Waals surface area contributed by atoms with Gasteiger partial charge in [0, 0.05) is 18.4 Å². The fraction of sp³-hybridized carbons (Fsp3) is 0.351. The van der Waals surface area contributed by atoms with Crippen LogP contribution < -0.4 is 9.46 Å². The van der Waals surface area contributed by atoms with Crippen molar-refractivity contribution >= 4 is 38.9 Å². The highest BCUT2D eigenvalue weighted by Crippen LogP contribution is 2.30. The normalized spacial score (nSPS) is 13.7. The van der Waals surface area contributed by atoms with Gasteiger partial charge < -0.3 is 9.84 Å². The van der Waals surface area contributed by atoms with Crippen LogP contribution in [0.25, 0.3) is 5.57 Å². The molecule has 0 bridgehead atoms. The lowest BCUT2D eigenvalue weighted by Gasteiger charge is -2.18. The molecule has 10 heteroatoms. The number of carbonyl (C=O) groups is 4. The Bertz CT molecular complexity index is 1740. The maximum atomic E-state index is 13.3. The number of nitrogens with one attached hydrogen (secondary N) is 1. The van der Waals surface area contributed by atoms with E-state index in [9.17, 15) is 32.7 Å². The summed E-state index contributed by atoms with van der Waals surface area (Å²) in [6.07, 6.45) is 7.01. The Morgan fingerprint density at radius 1 is 1.02 bits per heavy atom. The lowest BCUT2D eigenvalue weighted by molar-refractivity contribution is -0.138. The molecule has 0 saturated carbocycles. The van der Waals surface area contributed by atoms with Crippen LogP contribution in [0, 0.1) is 13.8 Å². The largest absolute Gasteiger partial charge is 0.494 e. The van der Waals surface area contributed by atoms with E-state index in [4.69, 9.17) is 4.74 Å². The average Bonchev–Trinajstić information content (AvgIpc) is 3.01. The van der Waals surface area contributed by atoms with Gasteiger partial charge >= 0.3 is 5.97 Å². The summed E-state index contributed by atoms with van der Waals surface area (Å²) < 4.78 is 34.6. The number of Topliss-reactive ketones (excluding diaryl/α,β-unsaturated/α-hetero) is 3. The first kappa shape index (κ1) is 37.1. The van der Waals surface area contributed by atoms with Gasteiger partial charge in [-0.15, -0.1) is 0 Å². The van der Waals surface area contributed by atoms with Gasteiger partial charge in [-0.25, -0.2) is 8.42 Å². The van der Waals surface area contributed by atoms with Crippen molar-refractivity contribution in [3.63, 3.8) is 0 Å². The summed E-state index contributed by atoms with van der Waals surface area (Å²) in [5, 5.41) is 9.76. The summed E-state index contributed by atoms with van der Waals surface area (Å²) in [5.74, 6) is -1.79. The van der Waals surface area contributed by atoms with E-state index < -0.39 is 33.6 Å². The molecule has 0 spiro atoms. The van der Waals surface area contributed by atoms with Crippen molar-refractivity contribution in [1.82, 2.24) is 4.72 Å². The molecule has 250 valence electrons. The molecule has 0 saturated heterocycles. The highest BCUT2D eigenvalue weighted by molar-refractivity contribution is 7.89. The molecule has 0 amide bonds. The Morgan fingerprint density at radius 2 is 1.70 bits per heavy atom. The second-order valence-electron chi connectivity index (χ2n) is 11.6. The van der Waals surface area contributed by atoms with Gasteiger partial charge in [-0.1, -0.05) is 63.8 Å². The van der Waals surface area contributed by atoms with Gasteiger partial charge in [0.25, 0.3) is 0 Å². The van der Waals surface area contributed by atoms with E-state index in [-0.39, 0.29) is 35.7 Å². The number of carboxylic acid groups (broad SMARTS) is 1. The van der Waals surface area contributed by atoms with Crippen LogP contribution in [-0.4, -0.2) is 49.5 Å². The summed E-state index contributed by atoms with van der Waals surface area (Å²) >= 11 is 0. The summed E-state index contributed by atoms with van der Waals surface area (Å²) in [4.78, 5) is 49.9. The van der Waals surface area contributed by atoms with E-state index in [0.29, 0.717) is 58.4 Å². The molecule has 1 atom stereocenters. The third-order valence-corrected chi connectivity index (χ3v) is 9.63. The van der Waals surface area contributed by atoms with Crippen LogP contribution in [0.3, 0.4) is 0 Å². The van der Waals surface area contributed by atoms with Crippen molar-refractivity contribution < 1.29 is 37.4 Å². The van der Waals surface area contributed by atoms with E-state index in [0.717, 1.165) is 18.4 Å². The van der Waals surface area contributed by atoms with Crippen LogP contribution in [0.1, 0.15) is 85.0 Å². The molecule has 0 heterocycles. The minimum absolute atomic E-state index is 0.00312. The molecule has 0 aromatic heterocycles. The van der Waals surface area contributed by atoms with Crippen molar-refractivity contribution in [2.45, 2.75) is 83.6 Å². The fourth-order valence-corrected chi connectivity index (χ4v) is 7.04. The number of rotatable bonds is 18. The first-order chi connectivity index (χ1) is 22.2. The van der Waals surface area contributed by atoms with Crippen molar-refractivity contribution in [3.8, 4) is 5.75 Å². The van der Waals surface area contributed by atoms with Gasteiger partial charge in [-0.2, -0.15) is 4.72 Å². The zero-order valence-corrected chi connectivity index (χ0v) is 28.3. The number of hydrogen-bond acceptors (Lipinski definition) is 7. The van der Waals surface area contributed by atoms with E-state index in [1.165, 1.54) is 18.2 Å². The molecule has 0 radical (unpaired) electrons. The number of carbonyl (C=O) groups excluding carboxylic acids is 3. The monoisotopic (exact) mass is 661 g/mol. The second-order valence-corrected chi connectivity index (χ2v) is 13.3. The molecule has 0 fully saturated rings. The number of benzene rings is 2. The highest BCUT2D eigenvalue weighted by atomic mass is 32.2. The Balaban J connectivity index is 1.61. The molecule has 1 aliphatic carbocycles. The van der Waals surface area contributed by atoms with E-state index in [1.54, 1.807) is 32.0 Å². The van der Waals surface area contributed by atoms with E-state index in [1.807, 2.05) is 26.0 Å². The predicted octanol–water partition coefficient (Wildman–Crippen LogP) is 6.42. The van der Waals surface area contributed by atoms with Gasteiger partial charge in [0.1, 0.15) is 11.8 Å². The molecule has 9 nitrogen and oxygen atoms in total. The first-order valence-electron chi connectivity index (χ1n) is 15.7. The molecule has 3 rings (SSSR count). The average molecular weight is 662 g/mol. The smallest absolute Gasteiger partial charge is 0.322 e. The fourth-order valence-electron chi connectivity index (χ4n) is 5.38. The predicted molar refractivity (Wildman–Crippen MR) is 182 cm³/mol. The zero-order valence-electron chi connectivity index (χ0n) is 27.5. The topological polar surface area (TPSA) is 144 Å². The lowest BCUT2D eigenvalue weighted by atomic mass is 9.84. The summed E-state index contributed by atoms with van der Waals surface area (Å²) in [6, 6.07) is 7.04. The van der Waals surface area contributed by atoms with Crippen LogP contribution in [0.4, 0.5) is 0 Å². The second kappa shape index (κ2) is 16.4. The summed E-state index contributed by atoms with van der Waals surface area (Å²) in [6.45, 7) is 15.2. The third kappa shape index (κ3) is 9.56. The number of ether oxygens (including phenoxy) is 1. The number of allylic oxidation sites excluding steroid dienone is 5. The number of aliphatic carboxylic acids is 1. The maximum absolute atomic E-state index is 13.3. The van der Waals surface area contributed by atoms with Crippen molar-refractivity contribution in [3.05, 3.63) is 101 Å². The number of fused-ring (bicyclic) bond motifs is 1. The van der Waals surface area contributed by atoms with Crippen molar-refractivity contribution in [2.75, 3.05) is 6.61 Å². The quantitative estimate of drug-likeness (QED) is 0.0806. The molecule has 0 unspecified atom stereocenters.